The van der Waals surface area contributed by atoms with E-state index in [0.29, 0.717) is 17.0 Å². The van der Waals surface area contributed by atoms with Gasteiger partial charge in [-0.2, -0.15) is 0 Å². The minimum absolute atomic E-state index is 0.0714. The molecule has 5 heteroatoms. The van der Waals surface area contributed by atoms with Crippen LogP contribution in [0.25, 0.3) is 0 Å². The van der Waals surface area contributed by atoms with E-state index in [4.69, 9.17) is 16.3 Å². The summed E-state index contributed by atoms with van der Waals surface area (Å²) >= 11 is 5.93. The number of morpholine rings is 1. The van der Waals surface area contributed by atoms with Crippen LogP contribution in [0.5, 0.6) is 0 Å². The minimum atomic E-state index is -0.214. The molecule has 2 atom stereocenters. The lowest BCUT2D eigenvalue weighted by molar-refractivity contribution is -0.0373. The molecule has 1 aliphatic heterocycles. The fraction of sp³-hybridized carbons (Fsp3) is 0.571. The number of halogens is 2. The molecule has 1 aliphatic rings. The first-order valence-corrected chi connectivity index (χ1v) is 6.89. The smallest absolute Gasteiger partial charge is 0.126 e. The first-order valence-electron chi connectivity index (χ1n) is 6.51. The molecule has 2 rings (SSSR count). The number of rotatable bonds is 4. The predicted molar refractivity (Wildman–Crippen MR) is 75.2 cm³/mol. The van der Waals surface area contributed by atoms with Gasteiger partial charge in [-0.25, -0.2) is 4.39 Å². The molecule has 19 heavy (non-hydrogen) atoms. The van der Waals surface area contributed by atoms with Crippen LogP contribution >= 0.6 is 11.6 Å². The van der Waals surface area contributed by atoms with Crippen LogP contribution < -0.4 is 5.32 Å². The standard InChI is InChI=1S/C14H20ClFN2O/c1-17-13(14-9-18(2)5-6-19-14)8-10-7-11(15)3-4-12(10)16/h3-4,7,13-14,17H,5-6,8-9H2,1-2H3. The lowest BCUT2D eigenvalue weighted by Crippen LogP contribution is -2.51. The molecule has 1 fully saturated rings. The number of benzene rings is 1. The summed E-state index contributed by atoms with van der Waals surface area (Å²) in [5, 5.41) is 3.79. The van der Waals surface area contributed by atoms with Crippen LogP contribution in [-0.4, -0.2) is 50.8 Å². The van der Waals surface area contributed by atoms with Crippen LogP contribution in [0.2, 0.25) is 5.02 Å². The van der Waals surface area contributed by atoms with Gasteiger partial charge in [0.1, 0.15) is 5.82 Å². The van der Waals surface area contributed by atoms with Crippen molar-refractivity contribution in [2.75, 3.05) is 33.8 Å². The Morgan fingerprint density at radius 3 is 3.05 bits per heavy atom. The number of ether oxygens (including phenoxy) is 1. The van der Waals surface area contributed by atoms with E-state index < -0.39 is 0 Å². The van der Waals surface area contributed by atoms with Crippen molar-refractivity contribution in [2.45, 2.75) is 18.6 Å². The largest absolute Gasteiger partial charge is 0.374 e. The molecule has 0 amide bonds. The molecule has 1 saturated heterocycles. The summed E-state index contributed by atoms with van der Waals surface area (Å²) < 4.78 is 19.6. The zero-order valence-electron chi connectivity index (χ0n) is 11.3. The van der Waals surface area contributed by atoms with E-state index in [9.17, 15) is 4.39 Å². The van der Waals surface area contributed by atoms with Gasteiger partial charge in [-0.15, -0.1) is 0 Å². The Hall–Kier alpha value is -0.680. The Kier molecular flexibility index (Phi) is 5.16. The maximum Gasteiger partial charge on any atom is 0.126 e. The van der Waals surface area contributed by atoms with Gasteiger partial charge < -0.3 is 15.0 Å². The van der Waals surface area contributed by atoms with Gasteiger partial charge in [0, 0.05) is 24.2 Å². The summed E-state index contributed by atoms with van der Waals surface area (Å²) in [4.78, 5) is 2.23. The Balaban J connectivity index is 2.07. The molecule has 0 aliphatic carbocycles. The molecule has 1 N–H and O–H groups in total. The highest BCUT2D eigenvalue weighted by Crippen LogP contribution is 2.19. The van der Waals surface area contributed by atoms with Crippen molar-refractivity contribution in [3.63, 3.8) is 0 Å². The van der Waals surface area contributed by atoms with Gasteiger partial charge in [0.05, 0.1) is 12.7 Å². The van der Waals surface area contributed by atoms with Crippen molar-refractivity contribution in [1.82, 2.24) is 10.2 Å². The van der Waals surface area contributed by atoms with E-state index in [1.807, 2.05) is 7.05 Å². The van der Waals surface area contributed by atoms with Crippen LogP contribution in [-0.2, 0) is 11.2 Å². The zero-order chi connectivity index (χ0) is 13.8. The molecular weight excluding hydrogens is 267 g/mol. The summed E-state index contributed by atoms with van der Waals surface area (Å²) in [7, 11) is 3.95. The van der Waals surface area contributed by atoms with Gasteiger partial charge in [-0.05, 0) is 44.3 Å². The summed E-state index contributed by atoms with van der Waals surface area (Å²) in [5.41, 5.74) is 0.628. The van der Waals surface area contributed by atoms with Crippen LogP contribution in [0.4, 0.5) is 4.39 Å². The topological polar surface area (TPSA) is 24.5 Å². The van der Waals surface area contributed by atoms with Crippen LogP contribution in [0.1, 0.15) is 5.56 Å². The highest BCUT2D eigenvalue weighted by molar-refractivity contribution is 6.30. The summed E-state index contributed by atoms with van der Waals surface area (Å²) in [6.07, 6.45) is 0.642. The Morgan fingerprint density at radius 1 is 1.58 bits per heavy atom. The van der Waals surface area contributed by atoms with Gasteiger partial charge in [0.15, 0.2) is 0 Å². The van der Waals surface area contributed by atoms with E-state index >= 15 is 0 Å². The molecule has 106 valence electrons. The molecule has 0 spiro atoms. The molecule has 0 aromatic heterocycles. The third-order valence-corrected chi connectivity index (χ3v) is 3.80. The monoisotopic (exact) mass is 286 g/mol. The first kappa shape index (κ1) is 14.7. The van der Waals surface area contributed by atoms with Crippen molar-refractivity contribution in [1.29, 1.82) is 0 Å². The number of likely N-dealkylation sites (N-methyl/N-ethyl adjacent to an activating group) is 2. The predicted octanol–water partition coefficient (Wildman–Crippen LogP) is 1.94. The molecule has 0 bridgehead atoms. The van der Waals surface area contributed by atoms with E-state index in [-0.39, 0.29) is 18.0 Å². The number of hydrogen-bond acceptors (Lipinski definition) is 3. The van der Waals surface area contributed by atoms with E-state index in [1.54, 1.807) is 12.1 Å². The van der Waals surface area contributed by atoms with Crippen molar-refractivity contribution in [3.05, 3.63) is 34.6 Å². The third-order valence-electron chi connectivity index (χ3n) is 3.56. The van der Waals surface area contributed by atoms with E-state index in [2.05, 4.69) is 17.3 Å². The number of hydrogen-bond donors (Lipinski definition) is 1. The summed E-state index contributed by atoms with van der Waals surface area (Å²) in [6, 6.07) is 4.75. The average Bonchev–Trinajstić information content (AvgIpc) is 2.39. The van der Waals surface area contributed by atoms with E-state index in [0.717, 1.165) is 19.7 Å². The summed E-state index contributed by atoms with van der Waals surface area (Å²) in [6.45, 7) is 2.52. The van der Waals surface area contributed by atoms with Gasteiger partial charge in [-0.3, -0.25) is 0 Å². The van der Waals surface area contributed by atoms with Crippen molar-refractivity contribution >= 4 is 11.6 Å². The fourth-order valence-electron chi connectivity index (χ4n) is 2.41. The van der Waals surface area contributed by atoms with Gasteiger partial charge in [0.25, 0.3) is 0 Å². The fourth-order valence-corrected chi connectivity index (χ4v) is 2.61. The quantitative estimate of drug-likeness (QED) is 0.915. The summed E-state index contributed by atoms with van der Waals surface area (Å²) in [5.74, 6) is -0.214. The molecular formula is C14H20ClFN2O. The average molecular weight is 287 g/mol. The van der Waals surface area contributed by atoms with Crippen LogP contribution in [0.3, 0.4) is 0 Å². The minimum Gasteiger partial charge on any atom is -0.374 e. The number of nitrogens with zero attached hydrogens (tertiary/aromatic N) is 1. The molecule has 0 radical (unpaired) electrons. The second-order valence-electron chi connectivity index (χ2n) is 5.01. The highest BCUT2D eigenvalue weighted by Gasteiger charge is 2.26. The molecule has 1 aromatic carbocycles. The SMILES string of the molecule is CNC(Cc1cc(Cl)ccc1F)C1CN(C)CCO1. The highest BCUT2D eigenvalue weighted by atomic mass is 35.5. The second-order valence-corrected chi connectivity index (χ2v) is 5.44. The lowest BCUT2D eigenvalue weighted by Gasteiger charge is -2.35. The Bertz CT molecular complexity index is 430. The number of nitrogens with one attached hydrogen (secondary N) is 1. The van der Waals surface area contributed by atoms with Crippen LogP contribution in [0, 0.1) is 5.82 Å². The maximum atomic E-state index is 13.8. The molecule has 1 heterocycles. The van der Waals surface area contributed by atoms with Gasteiger partial charge in [0.2, 0.25) is 0 Å². The van der Waals surface area contributed by atoms with Crippen LogP contribution in [0.15, 0.2) is 18.2 Å². The molecule has 1 aromatic rings. The zero-order valence-corrected chi connectivity index (χ0v) is 12.1. The third kappa shape index (κ3) is 3.89. The van der Waals surface area contributed by atoms with Crippen molar-refractivity contribution in [2.24, 2.45) is 0 Å². The van der Waals surface area contributed by atoms with Crippen molar-refractivity contribution in [3.8, 4) is 0 Å². The Labute approximate surface area is 118 Å². The first-order chi connectivity index (χ1) is 9.10. The maximum absolute atomic E-state index is 13.8. The molecule has 0 saturated carbocycles. The second kappa shape index (κ2) is 6.66. The van der Waals surface area contributed by atoms with Gasteiger partial charge >= 0.3 is 0 Å². The van der Waals surface area contributed by atoms with E-state index in [1.165, 1.54) is 6.07 Å². The lowest BCUT2D eigenvalue weighted by atomic mass is 10.00. The van der Waals surface area contributed by atoms with Gasteiger partial charge in [-0.1, -0.05) is 11.6 Å². The molecule has 2 unspecified atom stereocenters. The molecule has 3 nitrogen and oxygen atoms in total. The Morgan fingerprint density at radius 2 is 2.37 bits per heavy atom. The van der Waals surface area contributed by atoms with Crippen molar-refractivity contribution < 1.29 is 9.13 Å². The normalized spacial score (nSPS) is 22.4.